The van der Waals surface area contributed by atoms with E-state index in [0.717, 1.165) is 31.5 Å². The van der Waals surface area contributed by atoms with Crippen molar-refractivity contribution in [3.8, 4) is 11.3 Å². The maximum Gasteiger partial charge on any atom is 0.263 e. The van der Waals surface area contributed by atoms with Crippen LogP contribution in [0.5, 0.6) is 0 Å². The summed E-state index contributed by atoms with van der Waals surface area (Å²) in [6.07, 6.45) is 7.36. The van der Waals surface area contributed by atoms with E-state index >= 15 is 0 Å². The van der Waals surface area contributed by atoms with Crippen LogP contribution < -0.4 is 10.9 Å². The molecule has 8 nitrogen and oxygen atoms in total. The summed E-state index contributed by atoms with van der Waals surface area (Å²) in [5.41, 5.74) is 2.21. The number of rotatable bonds is 6. The van der Waals surface area contributed by atoms with Crippen LogP contribution in [0.4, 0.5) is 0 Å². The van der Waals surface area contributed by atoms with Gasteiger partial charge in [0.2, 0.25) is 0 Å². The first-order valence-electron chi connectivity index (χ1n) is 10.5. The van der Waals surface area contributed by atoms with Crippen molar-refractivity contribution in [2.24, 2.45) is 5.92 Å². The molecule has 3 aromatic rings. The van der Waals surface area contributed by atoms with Gasteiger partial charge in [0.1, 0.15) is 11.3 Å². The maximum absolute atomic E-state index is 13.1. The number of pyridine rings is 2. The van der Waals surface area contributed by atoms with Crippen LogP contribution >= 0.6 is 0 Å². The van der Waals surface area contributed by atoms with Crippen LogP contribution in [0.2, 0.25) is 0 Å². The van der Waals surface area contributed by atoms with E-state index in [-0.39, 0.29) is 23.6 Å². The van der Waals surface area contributed by atoms with Crippen molar-refractivity contribution in [1.29, 1.82) is 0 Å². The Morgan fingerprint density at radius 2 is 2.13 bits per heavy atom. The molecule has 3 aromatic heterocycles. The van der Waals surface area contributed by atoms with E-state index in [1.54, 1.807) is 43.2 Å². The molecule has 1 amide bonds. The molecule has 1 unspecified atom stereocenters. The van der Waals surface area contributed by atoms with E-state index in [1.807, 2.05) is 18.2 Å². The summed E-state index contributed by atoms with van der Waals surface area (Å²) < 4.78 is 7.07. The Balaban J connectivity index is 1.50. The molecule has 1 atom stereocenters. The van der Waals surface area contributed by atoms with Crippen molar-refractivity contribution in [3.63, 3.8) is 0 Å². The molecule has 1 aliphatic heterocycles. The molecule has 0 bridgehead atoms. The van der Waals surface area contributed by atoms with Crippen LogP contribution in [-0.4, -0.2) is 45.7 Å². The lowest BCUT2D eigenvalue weighted by Crippen LogP contribution is -2.38. The summed E-state index contributed by atoms with van der Waals surface area (Å²) >= 11 is 0. The molecule has 162 valence electrons. The highest BCUT2D eigenvalue weighted by Crippen LogP contribution is 2.19. The number of carbonyl (C=O) groups excluding carboxylic acids is 1. The Kier molecular flexibility index (Phi) is 6.27. The van der Waals surface area contributed by atoms with Gasteiger partial charge < -0.3 is 19.3 Å². The Bertz CT molecular complexity index is 1100. The largest absolute Gasteiger partial charge is 0.359 e. The van der Waals surface area contributed by atoms with E-state index in [2.05, 4.69) is 15.5 Å². The van der Waals surface area contributed by atoms with E-state index in [4.69, 9.17) is 4.52 Å². The van der Waals surface area contributed by atoms with Gasteiger partial charge in [-0.1, -0.05) is 5.16 Å². The monoisotopic (exact) mass is 421 g/mol. The minimum Gasteiger partial charge on any atom is -0.359 e. The molecular formula is C23H27N5O3. The molecule has 0 spiro atoms. The normalized spacial score (nSPS) is 16.3. The quantitative estimate of drug-likeness (QED) is 0.657. The van der Waals surface area contributed by atoms with Crippen molar-refractivity contribution < 1.29 is 9.32 Å². The highest BCUT2D eigenvalue weighted by molar-refractivity contribution is 5.95. The van der Waals surface area contributed by atoms with E-state index in [9.17, 15) is 9.59 Å². The van der Waals surface area contributed by atoms with Gasteiger partial charge in [0, 0.05) is 43.8 Å². The molecule has 1 aliphatic rings. The van der Waals surface area contributed by atoms with Crippen LogP contribution in [0, 0.1) is 12.8 Å². The molecule has 8 heteroatoms. The highest BCUT2D eigenvalue weighted by atomic mass is 16.5. The minimum absolute atomic E-state index is 0.211. The Hall–Kier alpha value is -3.26. The number of hydrogen-bond acceptors (Lipinski definition) is 6. The topological polar surface area (TPSA) is 93.3 Å². The van der Waals surface area contributed by atoms with Crippen molar-refractivity contribution in [3.05, 3.63) is 70.1 Å². The smallest absolute Gasteiger partial charge is 0.263 e. The molecular weight excluding hydrogens is 394 g/mol. The number of nitrogens with one attached hydrogen (secondary N) is 1. The molecule has 0 aliphatic carbocycles. The molecule has 1 fully saturated rings. The van der Waals surface area contributed by atoms with Crippen molar-refractivity contribution in [2.45, 2.75) is 32.9 Å². The van der Waals surface area contributed by atoms with Crippen LogP contribution in [-0.2, 0) is 13.1 Å². The Labute approximate surface area is 180 Å². The third kappa shape index (κ3) is 4.74. The fraction of sp³-hybridized carbons (Fsp3) is 0.391. The predicted octanol–water partition coefficient (Wildman–Crippen LogP) is 2.48. The number of nitrogens with zero attached hydrogens (tertiary/aromatic N) is 4. The molecule has 4 rings (SSSR count). The standard InChI is InChI=1S/C23H27N5O3/c1-16-7-11-28(14-17-4-3-8-25-13-17)23(30)21(16)22(29)27(2)15-19-12-20(26-31-19)18-5-9-24-10-6-18/h5-7,9-12,17,25H,3-4,8,13-15H2,1-2H3. The third-order valence-electron chi connectivity index (χ3n) is 5.72. The van der Waals surface area contributed by atoms with Gasteiger partial charge in [0.25, 0.3) is 11.5 Å². The predicted molar refractivity (Wildman–Crippen MR) is 117 cm³/mol. The summed E-state index contributed by atoms with van der Waals surface area (Å²) in [4.78, 5) is 31.7. The molecule has 1 saturated heterocycles. The Morgan fingerprint density at radius 3 is 2.87 bits per heavy atom. The molecule has 31 heavy (non-hydrogen) atoms. The Morgan fingerprint density at radius 1 is 1.32 bits per heavy atom. The van der Waals surface area contributed by atoms with Crippen molar-refractivity contribution in [2.75, 3.05) is 20.1 Å². The zero-order valence-corrected chi connectivity index (χ0v) is 17.9. The fourth-order valence-electron chi connectivity index (χ4n) is 3.97. The second kappa shape index (κ2) is 9.26. The first-order chi connectivity index (χ1) is 15.0. The van der Waals surface area contributed by atoms with Gasteiger partial charge in [-0.25, -0.2) is 0 Å². The number of aromatic nitrogens is 3. The van der Waals surface area contributed by atoms with Crippen LogP contribution in [0.25, 0.3) is 11.3 Å². The van der Waals surface area contributed by atoms with Gasteiger partial charge in [-0.2, -0.15) is 0 Å². The van der Waals surface area contributed by atoms with Gasteiger partial charge in [0.05, 0.1) is 6.54 Å². The minimum atomic E-state index is -0.319. The second-order valence-corrected chi connectivity index (χ2v) is 8.12. The fourth-order valence-corrected chi connectivity index (χ4v) is 3.97. The average Bonchev–Trinajstić information content (AvgIpc) is 3.25. The summed E-state index contributed by atoms with van der Waals surface area (Å²) in [7, 11) is 1.66. The van der Waals surface area contributed by atoms with Gasteiger partial charge in [-0.3, -0.25) is 14.6 Å². The number of amides is 1. The van der Waals surface area contributed by atoms with Crippen molar-refractivity contribution >= 4 is 5.91 Å². The van der Waals surface area contributed by atoms with Crippen LogP contribution in [0.3, 0.4) is 0 Å². The van der Waals surface area contributed by atoms with Crippen LogP contribution in [0.1, 0.15) is 34.5 Å². The number of carbonyl (C=O) groups is 1. The lowest BCUT2D eigenvalue weighted by molar-refractivity contribution is 0.0769. The van der Waals surface area contributed by atoms with Gasteiger partial charge in [-0.15, -0.1) is 0 Å². The molecule has 0 saturated carbocycles. The second-order valence-electron chi connectivity index (χ2n) is 8.12. The number of aryl methyl sites for hydroxylation is 1. The molecule has 0 aromatic carbocycles. The highest BCUT2D eigenvalue weighted by Gasteiger charge is 2.22. The summed E-state index contributed by atoms with van der Waals surface area (Å²) in [6.45, 7) is 4.56. The SMILES string of the molecule is Cc1ccn(CC2CCCNC2)c(=O)c1C(=O)N(C)Cc1cc(-c2ccncc2)no1. The first kappa shape index (κ1) is 21.0. The third-order valence-corrected chi connectivity index (χ3v) is 5.72. The van der Waals surface area contributed by atoms with Gasteiger partial charge in [0.15, 0.2) is 5.76 Å². The zero-order chi connectivity index (χ0) is 21.8. The summed E-state index contributed by atoms with van der Waals surface area (Å²) in [6, 6.07) is 7.32. The average molecular weight is 422 g/mol. The van der Waals surface area contributed by atoms with Gasteiger partial charge >= 0.3 is 0 Å². The van der Waals surface area contributed by atoms with Crippen molar-refractivity contribution in [1.82, 2.24) is 24.9 Å². The first-order valence-corrected chi connectivity index (χ1v) is 10.5. The zero-order valence-electron chi connectivity index (χ0n) is 17.9. The molecule has 4 heterocycles. The van der Waals surface area contributed by atoms with E-state index in [0.29, 0.717) is 29.5 Å². The van der Waals surface area contributed by atoms with Gasteiger partial charge in [-0.05, 0) is 62.5 Å². The van der Waals surface area contributed by atoms with E-state index < -0.39 is 0 Å². The van der Waals surface area contributed by atoms with E-state index in [1.165, 1.54) is 4.90 Å². The maximum atomic E-state index is 13.1. The van der Waals surface area contributed by atoms with Crippen LogP contribution in [0.15, 0.2) is 52.2 Å². The summed E-state index contributed by atoms with van der Waals surface area (Å²) in [5, 5.41) is 7.45. The molecule has 1 N–H and O–H groups in total. The lowest BCUT2D eigenvalue weighted by Gasteiger charge is -2.24. The summed E-state index contributed by atoms with van der Waals surface area (Å²) in [5.74, 6) is 0.626. The number of piperidine rings is 1. The lowest BCUT2D eigenvalue weighted by atomic mass is 9.99. The molecule has 0 radical (unpaired) electrons. The number of hydrogen-bond donors (Lipinski definition) is 1.